The van der Waals surface area contributed by atoms with Crippen LogP contribution in [0.5, 0.6) is 0 Å². The van der Waals surface area contributed by atoms with Crippen LogP contribution in [0, 0.1) is 23.3 Å². The Labute approximate surface area is 125 Å². The lowest BCUT2D eigenvalue weighted by molar-refractivity contribution is 0.498. The average molecular weight is 384 g/mol. The molecule has 2 aromatic carbocycles. The molecule has 9 heteroatoms. The van der Waals surface area contributed by atoms with E-state index in [4.69, 9.17) is 0 Å². The Morgan fingerprint density at radius 3 is 2.24 bits per heavy atom. The molecular formula is C12H6BrF4NO2S. The molecular weight excluding hydrogens is 378 g/mol. The highest BCUT2D eigenvalue weighted by molar-refractivity contribution is 9.10. The Bertz CT molecular complexity index is 811. The minimum Gasteiger partial charge on any atom is -0.276 e. The summed E-state index contributed by atoms with van der Waals surface area (Å²) in [6, 6.07) is 3.46. The van der Waals surface area contributed by atoms with Gasteiger partial charge in [0.25, 0.3) is 10.0 Å². The van der Waals surface area contributed by atoms with Crippen molar-refractivity contribution in [3.05, 3.63) is 58.1 Å². The van der Waals surface area contributed by atoms with E-state index in [9.17, 15) is 26.0 Å². The van der Waals surface area contributed by atoms with E-state index in [0.29, 0.717) is 6.07 Å². The van der Waals surface area contributed by atoms with Crippen molar-refractivity contribution in [2.45, 2.75) is 4.90 Å². The van der Waals surface area contributed by atoms with Crippen molar-refractivity contribution in [1.82, 2.24) is 0 Å². The first-order chi connectivity index (χ1) is 9.70. The normalized spacial score (nSPS) is 11.5. The van der Waals surface area contributed by atoms with E-state index >= 15 is 0 Å². The largest absolute Gasteiger partial charge is 0.276 e. The number of nitrogens with one attached hydrogen (secondary N) is 1. The summed E-state index contributed by atoms with van der Waals surface area (Å²) in [5, 5.41) is 0. The van der Waals surface area contributed by atoms with E-state index in [1.165, 1.54) is 0 Å². The second-order valence-electron chi connectivity index (χ2n) is 3.93. The minimum atomic E-state index is -4.35. The van der Waals surface area contributed by atoms with Gasteiger partial charge >= 0.3 is 0 Å². The van der Waals surface area contributed by atoms with E-state index in [0.717, 1.165) is 18.2 Å². The molecule has 1 N–H and O–H groups in total. The number of hydrogen-bond donors (Lipinski definition) is 1. The molecule has 0 heterocycles. The summed E-state index contributed by atoms with van der Waals surface area (Å²) in [6.07, 6.45) is 0. The SMILES string of the molecule is O=S(=O)(Nc1cc(F)cc(F)c1F)c1ccc(F)cc1Br. The zero-order valence-electron chi connectivity index (χ0n) is 10.0. The van der Waals surface area contributed by atoms with E-state index < -0.39 is 43.9 Å². The molecule has 0 unspecified atom stereocenters. The molecule has 0 bridgehead atoms. The fourth-order valence-corrected chi connectivity index (χ4v) is 3.62. The third-order valence-electron chi connectivity index (χ3n) is 2.42. The van der Waals surface area contributed by atoms with Gasteiger partial charge in [0.15, 0.2) is 11.6 Å². The quantitative estimate of drug-likeness (QED) is 0.647. The molecule has 0 fully saturated rings. The zero-order valence-corrected chi connectivity index (χ0v) is 12.4. The maximum absolute atomic E-state index is 13.5. The number of hydrogen-bond acceptors (Lipinski definition) is 2. The van der Waals surface area contributed by atoms with Gasteiger partial charge in [0.2, 0.25) is 0 Å². The standard InChI is InChI=1S/C12H6BrF4NO2S/c13-8-3-6(14)1-2-11(8)21(19,20)18-10-5-7(15)4-9(16)12(10)17/h1-5,18H. The van der Waals surface area contributed by atoms with Gasteiger partial charge < -0.3 is 0 Å². The highest BCUT2D eigenvalue weighted by Gasteiger charge is 2.21. The fourth-order valence-electron chi connectivity index (χ4n) is 1.52. The van der Waals surface area contributed by atoms with Gasteiger partial charge in [0.05, 0.1) is 5.69 Å². The molecule has 0 saturated heterocycles. The predicted octanol–water partition coefficient (Wildman–Crippen LogP) is 3.81. The fraction of sp³-hybridized carbons (Fsp3) is 0. The van der Waals surface area contributed by atoms with Gasteiger partial charge in [0.1, 0.15) is 16.5 Å². The summed E-state index contributed by atoms with van der Waals surface area (Å²) in [6.45, 7) is 0. The van der Waals surface area contributed by atoms with Gasteiger partial charge in [-0.25, -0.2) is 26.0 Å². The van der Waals surface area contributed by atoms with Crippen LogP contribution in [0.25, 0.3) is 0 Å². The Balaban J connectivity index is 2.47. The summed E-state index contributed by atoms with van der Waals surface area (Å²) in [5.41, 5.74) is -0.885. The maximum atomic E-state index is 13.5. The third kappa shape index (κ3) is 3.35. The van der Waals surface area contributed by atoms with Crippen LogP contribution in [-0.2, 0) is 10.0 Å². The van der Waals surface area contributed by atoms with Crippen LogP contribution in [0.1, 0.15) is 0 Å². The smallest absolute Gasteiger partial charge is 0.263 e. The topological polar surface area (TPSA) is 46.2 Å². The lowest BCUT2D eigenvalue weighted by atomic mass is 10.3. The van der Waals surface area contributed by atoms with Crippen LogP contribution < -0.4 is 4.72 Å². The molecule has 3 nitrogen and oxygen atoms in total. The molecule has 2 aromatic rings. The molecule has 21 heavy (non-hydrogen) atoms. The van der Waals surface area contributed by atoms with Crippen LogP contribution in [0.2, 0.25) is 0 Å². The first kappa shape index (κ1) is 15.8. The van der Waals surface area contributed by atoms with Crippen LogP contribution in [-0.4, -0.2) is 8.42 Å². The van der Waals surface area contributed by atoms with Gasteiger partial charge in [-0.05, 0) is 34.1 Å². The van der Waals surface area contributed by atoms with E-state index in [-0.39, 0.29) is 10.5 Å². The summed E-state index contributed by atoms with van der Waals surface area (Å²) in [5.74, 6) is -4.92. The van der Waals surface area contributed by atoms with Gasteiger partial charge in [0, 0.05) is 16.6 Å². The monoisotopic (exact) mass is 383 g/mol. The van der Waals surface area contributed by atoms with Crippen molar-refractivity contribution in [1.29, 1.82) is 0 Å². The second kappa shape index (κ2) is 5.64. The van der Waals surface area contributed by atoms with Crippen molar-refractivity contribution in [3.8, 4) is 0 Å². The van der Waals surface area contributed by atoms with Crippen LogP contribution in [0.3, 0.4) is 0 Å². The molecule has 0 radical (unpaired) electrons. The highest BCUT2D eigenvalue weighted by atomic mass is 79.9. The molecule has 2 rings (SSSR count). The van der Waals surface area contributed by atoms with E-state index in [1.807, 2.05) is 0 Å². The first-order valence-electron chi connectivity index (χ1n) is 5.33. The molecule has 0 aromatic heterocycles. The summed E-state index contributed by atoms with van der Waals surface area (Å²) in [4.78, 5) is -0.409. The van der Waals surface area contributed by atoms with Crippen molar-refractivity contribution >= 4 is 31.6 Å². The number of sulfonamides is 1. The van der Waals surface area contributed by atoms with Crippen LogP contribution in [0.15, 0.2) is 39.7 Å². The Kier molecular flexibility index (Phi) is 4.24. The second-order valence-corrected chi connectivity index (χ2v) is 6.43. The van der Waals surface area contributed by atoms with Gasteiger partial charge in [-0.15, -0.1) is 0 Å². The van der Waals surface area contributed by atoms with Crippen molar-refractivity contribution < 1.29 is 26.0 Å². The lowest BCUT2D eigenvalue weighted by Crippen LogP contribution is -2.15. The lowest BCUT2D eigenvalue weighted by Gasteiger charge is -2.11. The number of halogens is 5. The summed E-state index contributed by atoms with van der Waals surface area (Å²) < 4.78 is 78.1. The molecule has 0 spiro atoms. The molecule has 0 aliphatic carbocycles. The Morgan fingerprint density at radius 1 is 0.952 bits per heavy atom. The van der Waals surface area contributed by atoms with Crippen LogP contribution >= 0.6 is 15.9 Å². The molecule has 0 aliphatic heterocycles. The maximum Gasteiger partial charge on any atom is 0.263 e. The number of rotatable bonds is 3. The van der Waals surface area contributed by atoms with Crippen LogP contribution in [0.4, 0.5) is 23.2 Å². The van der Waals surface area contributed by atoms with Crippen molar-refractivity contribution in [2.24, 2.45) is 0 Å². The number of benzene rings is 2. The predicted molar refractivity (Wildman–Crippen MR) is 71.2 cm³/mol. The third-order valence-corrected chi connectivity index (χ3v) is 4.76. The van der Waals surface area contributed by atoms with Gasteiger partial charge in [-0.3, -0.25) is 4.72 Å². The van der Waals surface area contributed by atoms with Gasteiger partial charge in [-0.2, -0.15) is 0 Å². The highest BCUT2D eigenvalue weighted by Crippen LogP contribution is 2.27. The first-order valence-corrected chi connectivity index (χ1v) is 7.61. The molecule has 0 saturated carbocycles. The zero-order chi connectivity index (χ0) is 15.8. The average Bonchev–Trinajstić information content (AvgIpc) is 2.34. The molecule has 112 valence electrons. The van der Waals surface area contributed by atoms with Gasteiger partial charge in [-0.1, -0.05) is 0 Å². The van der Waals surface area contributed by atoms with Crippen molar-refractivity contribution in [3.63, 3.8) is 0 Å². The van der Waals surface area contributed by atoms with E-state index in [1.54, 1.807) is 4.72 Å². The molecule has 0 amide bonds. The minimum absolute atomic E-state index is 0.118. The summed E-state index contributed by atoms with van der Waals surface area (Å²) in [7, 11) is -4.35. The molecule has 0 atom stereocenters. The number of anilines is 1. The summed E-state index contributed by atoms with van der Waals surface area (Å²) >= 11 is 2.84. The van der Waals surface area contributed by atoms with E-state index in [2.05, 4.69) is 15.9 Å². The molecule has 0 aliphatic rings. The Hall–Kier alpha value is -1.61. The Morgan fingerprint density at radius 2 is 1.62 bits per heavy atom. The van der Waals surface area contributed by atoms with Crippen molar-refractivity contribution in [2.75, 3.05) is 4.72 Å².